The van der Waals surface area contributed by atoms with Gasteiger partial charge >= 0.3 is 0 Å². The second-order valence-corrected chi connectivity index (χ2v) is 8.23. The summed E-state index contributed by atoms with van der Waals surface area (Å²) in [5.74, 6) is 0.557. The first-order chi connectivity index (χ1) is 15.5. The summed E-state index contributed by atoms with van der Waals surface area (Å²) in [5, 5.41) is 6.35. The van der Waals surface area contributed by atoms with Crippen LogP contribution >= 0.6 is 0 Å². The molecule has 1 aromatic heterocycles. The summed E-state index contributed by atoms with van der Waals surface area (Å²) in [6, 6.07) is 19.0. The first-order valence-electron chi connectivity index (χ1n) is 10.7. The average Bonchev–Trinajstić information content (AvgIpc) is 2.77. The van der Waals surface area contributed by atoms with Gasteiger partial charge in [-0.3, -0.25) is 4.79 Å². The number of benzene rings is 3. The van der Waals surface area contributed by atoms with Crippen LogP contribution in [0.1, 0.15) is 16.7 Å². The molecule has 3 aromatic carbocycles. The second-order valence-electron chi connectivity index (χ2n) is 8.23. The largest absolute Gasteiger partial charge is 0.321 e. The third kappa shape index (κ3) is 3.69. The van der Waals surface area contributed by atoms with E-state index in [1.165, 1.54) is 21.9 Å². The molecule has 160 valence electrons. The molecule has 1 aliphatic rings. The van der Waals surface area contributed by atoms with Gasteiger partial charge in [0.15, 0.2) is 11.2 Å². The lowest BCUT2D eigenvalue weighted by Gasteiger charge is -2.28. The van der Waals surface area contributed by atoms with Gasteiger partial charge in [-0.05, 0) is 59.5 Å². The van der Waals surface area contributed by atoms with Crippen LogP contribution in [0.15, 0.2) is 64.4 Å². The minimum atomic E-state index is -0.266. The fraction of sp³-hybridized carbons (Fsp3) is 0.192. The van der Waals surface area contributed by atoms with Crippen LogP contribution in [-0.4, -0.2) is 23.1 Å². The zero-order chi connectivity index (χ0) is 22.2. The number of rotatable bonds is 5. The zero-order valence-electron chi connectivity index (χ0n) is 18.3. The van der Waals surface area contributed by atoms with Crippen molar-refractivity contribution in [3.8, 4) is 0 Å². The Morgan fingerprint density at radius 2 is 1.81 bits per heavy atom. The molecule has 6 nitrogen and oxygen atoms in total. The molecule has 2 heterocycles. The van der Waals surface area contributed by atoms with Crippen LogP contribution in [-0.2, 0) is 6.54 Å². The van der Waals surface area contributed by atoms with Gasteiger partial charge in [0.25, 0.3) is 5.56 Å². The van der Waals surface area contributed by atoms with Crippen molar-refractivity contribution in [2.45, 2.75) is 20.4 Å². The lowest BCUT2D eigenvalue weighted by molar-refractivity contribution is 0.682. The highest BCUT2D eigenvalue weighted by molar-refractivity contribution is 5.83. The topological polar surface area (TPSA) is 73.4 Å². The first-order valence-corrected chi connectivity index (χ1v) is 10.7. The molecule has 6 heteroatoms. The summed E-state index contributed by atoms with van der Waals surface area (Å²) in [7, 11) is 0. The van der Waals surface area contributed by atoms with Crippen LogP contribution < -0.4 is 26.6 Å². The maximum absolute atomic E-state index is 12.5. The molecule has 0 unspecified atom stereocenters. The minimum Gasteiger partial charge on any atom is -0.321 e. The summed E-state index contributed by atoms with van der Waals surface area (Å²) in [4.78, 5) is 26.4. The molecule has 0 radical (unpaired) electrons. The Hall–Kier alpha value is -3.77. The van der Waals surface area contributed by atoms with E-state index in [1.54, 1.807) is 0 Å². The number of fused-ring (bicyclic) bond motifs is 3. The third-order valence-electron chi connectivity index (χ3n) is 5.95. The molecule has 32 heavy (non-hydrogen) atoms. The highest BCUT2D eigenvalue weighted by Crippen LogP contribution is 2.36. The number of hydrogen-bond acceptors (Lipinski definition) is 5. The Kier molecular flexibility index (Phi) is 5.07. The number of aromatic nitrogens is 2. The van der Waals surface area contributed by atoms with Gasteiger partial charge in [0.1, 0.15) is 5.48 Å². The Morgan fingerprint density at radius 3 is 2.66 bits per heavy atom. The predicted molar refractivity (Wildman–Crippen MR) is 129 cm³/mol. The number of H-pyrrole nitrogens is 1. The van der Waals surface area contributed by atoms with E-state index in [0.29, 0.717) is 23.2 Å². The van der Waals surface area contributed by atoms with E-state index in [9.17, 15) is 4.79 Å². The van der Waals surface area contributed by atoms with E-state index in [1.807, 2.05) is 6.07 Å². The van der Waals surface area contributed by atoms with E-state index in [0.717, 1.165) is 30.0 Å². The van der Waals surface area contributed by atoms with Crippen LogP contribution in [0.5, 0.6) is 0 Å². The van der Waals surface area contributed by atoms with Gasteiger partial charge in [0, 0.05) is 19.6 Å². The van der Waals surface area contributed by atoms with Crippen molar-refractivity contribution in [1.29, 1.82) is 0 Å². The van der Waals surface area contributed by atoms with Crippen LogP contribution in [0.25, 0.3) is 17.4 Å². The SMILES string of the molecule is C=c1nc2c(c(=O)[nH]1)=Nc1cc(C)c(C)cc1N2CCNCc1ccc2ccccc2c1. The van der Waals surface area contributed by atoms with Gasteiger partial charge in [-0.25, -0.2) is 9.98 Å². The number of hydrogen-bond donors (Lipinski definition) is 2. The molecule has 2 N–H and O–H groups in total. The van der Waals surface area contributed by atoms with Crippen LogP contribution in [0.2, 0.25) is 0 Å². The fourth-order valence-corrected chi connectivity index (χ4v) is 4.11. The van der Waals surface area contributed by atoms with Crippen molar-refractivity contribution in [3.63, 3.8) is 0 Å². The van der Waals surface area contributed by atoms with Gasteiger partial charge < -0.3 is 15.2 Å². The lowest BCUT2D eigenvalue weighted by Crippen LogP contribution is -2.43. The summed E-state index contributed by atoms with van der Waals surface area (Å²) in [6.45, 7) is 10.1. The van der Waals surface area contributed by atoms with E-state index >= 15 is 0 Å². The van der Waals surface area contributed by atoms with E-state index in [-0.39, 0.29) is 5.56 Å². The van der Waals surface area contributed by atoms with Crippen molar-refractivity contribution < 1.29 is 0 Å². The number of aromatic amines is 1. The van der Waals surface area contributed by atoms with Gasteiger partial charge in [-0.1, -0.05) is 43.0 Å². The van der Waals surface area contributed by atoms with Crippen LogP contribution in [0, 0.1) is 13.8 Å². The smallest absolute Gasteiger partial charge is 0.279 e. The molecule has 1 aliphatic heterocycles. The van der Waals surface area contributed by atoms with Crippen molar-refractivity contribution in [2.75, 3.05) is 18.0 Å². The molecular weight excluding hydrogens is 398 g/mol. The zero-order valence-corrected chi connectivity index (χ0v) is 18.3. The van der Waals surface area contributed by atoms with E-state index < -0.39 is 0 Å². The molecule has 0 saturated carbocycles. The molecule has 0 spiro atoms. The van der Waals surface area contributed by atoms with Crippen molar-refractivity contribution in [3.05, 3.63) is 92.5 Å². The number of nitrogens with zero attached hydrogens (tertiary/aromatic N) is 3. The fourth-order valence-electron chi connectivity index (χ4n) is 4.11. The van der Waals surface area contributed by atoms with Crippen LogP contribution in [0.3, 0.4) is 0 Å². The molecule has 0 atom stereocenters. The molecule has 0 saturated heterocycles. The standard InChI is InChI=1S/C26H25N5O/c1-16-12-22-23(13-17(16)2)31(25-24(30-22)26(32)29-18(3)28-25)11-10-27-15-19-8-9-20-6-4-5-7-21(20)14-19/h4-9,12-14,27H,3,10-11,15H2,1-2H3,(H,29,32). The summed E-state index contributed by atoms with van der Waals surface area (Å²) in [5.41, 5.74) is 5.38. The Morgan fingerprint density at radius 1 is 1.03 bits per heavy atom. The number of aryl methyl sites for hydroxylation is 2. The quantitative estimate of drug-likeness (QED) is 0.484. The maximum atomic E-state index is 12.5. The third-order valence-corrected chi connectivity index (χ3v) is 5.95. The Bertz CT molecular complexity index is 1510. The van der Waals surface area contributed by atoms with Gasteiger partial charge in [0.2, 0.25) is 0 Å². The second kappa shape index (κ2) is 8.05. The average molecular weight is 424 g/mol. The molecular formula is C26H25N5O. The summed E-state index contributed by atoms with van der Waals surface area (Å²) >= 11 is 0. The Balaban J connectivity index is 1.40. The number of anilines is 2. The lowest BCUT2D eigenvalue weighted by atomic mass is 10.1. The molecule has 4 aromatic rings. The summed E-state index contributed by atoms with van der Waals surface area (Å²) < 4.78 is 0. The van der Waals surface area contributed by atoms with Crippen molar-refractivity contribution in [1.82, 2.24) is 15.3 Å². The predicted octanol–water partition coefficient (Wildman–Crippen LogP) is 3.14. The van der Waals surface area contributed by atoms with Gasteiger partial charge in [0.05, 0.1) is 11.4 Å². The highest BCUT2D eigenvalue weighted by Gasteiger charge is 2.23. The van der Waals surface area contributed by atoms with Crippen molar-refractivity contribution in [2.24, 2.45) is 4.99 Å². The highest BCUT2D eigenvalue weighted by atomic mass is 16.1. The first kappa shape index (κ1) is 20.2. The van der Waals surface area contributed by atoms with Gasteiger partial charge in [-0.15, -0.1) is 0 Å². The number of nitrogens with one attached hydrogen (secondary N) is 2. The Labute approximate surface area is 186 Å². The molecule has 0 amide bonds. The molecule has 5 rings (SSSR count). The monoisotopic (exact) mass is 423 g/mol. The summed E-state index contributed by atoms with van der Waals surface area (Å²) in [6.07, 6.45) is 0. The molecule has 0 aliphatic carbocycles. The molecule has 0 bridgehead atoms. The van der Waals surface area contributed by atoms with E-state index in [2.05, 4.69) is 94.1 Å². The van der Waals surface area contributed by atoms with Crippen molar-refractivity contribution >= 4 is 34.5 Å². The van der Waals surface area contributed by atoms with E-state index in [4.69, 9.17) is 0 Å². The normalized spacial score (nSPS) is 12.4. The van der Waals surface area contributed by atoms with Crippen LogP contribution in [0.4, 0.5) is 17.2 Å². The maximum Gasteiger partial charge on any atom is 0.279 e. The minimum absolute atomic E-state index is 0.266. The molecule has 0 fully saturated rings. The van der Waals surface area contributed by atoms with Gasteiger partial charge in [-0.2, -0.15) is 0 Å².